The summed E-state index contributed by atoms with van der Waals surface area (Å²) in [6.07, 6.45) is 0. The largest absolute Gasteiger partial charge is 0.465 e. The van der Waals surface area contributed by atoms with Gasteiger partial charge in [-0.2, -0.15) is 0 Å². The predicted octanol–water partition coefficient (Wildman–Crippen LogP) is 2.39. The second-order valence-corrected chi connectivity index (χ2v) is 5.45. The first-order chi connectivity index (χ1) is 12.4. The lowest BCUT2D eigenvalue weighted by molar-refractivity contribution is 0.0592. The first-order valence-electron chi connectivity index (χ1n) is 7.43. The molecule has 7 nitrogen and oxygen atoms in total. The van der Waals surface area contributed by atoms with Gasteiger partial charge in [0, 0.05) is 11.3 Å². The van der Waals surface area contributed by atoms with Gasteiger partial charge in [-0.05, 0) is 60.7 Å². The number of thiocarbonyl (C=S) groups is 1. The third kappa shape index (κ3) is 4.87. The predicted molar refractivity (Wildman–Crippen MR) is 99.2 cm³/mol. The molecular weight excluding hydrogens is 356 g/mol. The number of esters is 2. The number of rotatable bonds is 4. The van der Waals surface area contributed by atoms with Crippen molar-refractivity contribution in [2.24, 2.45) is 0 Å². The lowest BCUT2D eigenvalue weighted by atomic mass is 10.1. The number of methoxy groups -OCH3 is 2. The monoisotopic (exact) mass is 372 g/mol. The molecule has 0 saturated carbocycles. The van der Waals surface area contributed by atoms with Crippen LogP contribution in [-0.4, -0.2) is 37.2 Å². The topological polar surface area (TPSA) is 93.7 Å². The number of ether oxygens (including phenoxy) is 2. The van der Waals surface area contributed by atoms with E-state index in [2.05, 4.69) is 20.1 Å². The molecule has 0 saturated heterocycles. The number of hydrogen-bond donors (Lipinski definition) is 2. The molecule has 0 aliphatic rings. The van der Waals surface area contributed by atoms with Crippen molar-refractivity contribution in [3.63, 3.8) is 0 Å². The summed E-state index contributed by atoms with van der Waals surface area (Å²) in [6.45, 7) is 0. The van der Waals surface area contributed by atoms with Crippen LogP contribution < -0.4 is 10.6 Å². The highest BCUT2D eigenvalue weighted by Gasteiger charge is 2.11. The van der Waals surface area contributed by atoms with E-state index in [1.54, 1.807) is 24.3 Å². The van der Waals surface area contributed by atoms with E-state index in [-0.39, 0.29) is 5.11 Å². The molecule has 0 atom stereocenters. The molecule has 2 aromatic rings. The van der Waals surface area contributed by atoms with Crippen molar-refractivity contribution in [3.8, 4) is 0 Å². The van der Waals surface area contributed by atoms with Crippen molar-refractivity contribution in [3.05, 3.63) is 65.2 Å². The number of benzene rings is 2. The zero-order valence-electron chi connectivity index (χ0n) is 14.1. The minimum atomic E-state index is -0.482. The molecule has 0 aliphatic carbocycles. The average molecular weight is 372 g/mol. The Morgan fingerprint density at radius 3 is 1.65 bits per heavy atom. The second kappa shape index (κ2) is 8.72. The van der Waals surface area contributed by atoms with Crippen molar-refractivity contribution in [1.82, 2.24) is 5.32 Å². The Hall–Kier alpha value is -3.26. The Morgan fingerprint density at radius 2 is 1.19 bits per heavy atom. The van der Waals surface area contributed by atoms with Crippen LogP contribution in [0.5, 0.6) is 0 Å². The number of anilines is 1. The number of carbonyl (C=O) groups is 3. The second-order valence-electron chi connectivity index (χ2n) is 5.05. The summed E-state index contributed by atoms with van der Waals surface area (Å²) in [6, 6.07) is 12.4. The molecule has 2 aromatic carbocycles. The maximum Gasteiger partial charge on any atom is 0.337 e. The summed E-state index contributed by atoms with van der Waals surface area (Å²) in [7, 11) is 2.58. The average Bonchev–Trinajstić information content (AvgIpc) is 2.67. The molecule has 26 heavy (non-hydrogen) atoms. The molecule has 0 bridgehead atoms. The van der Waals surface area contributed by atoms with Gasteiger partial charge in [-0.15, -0.1) is 0 Å². The Bertz CT molecular complexity index is 832. The van der Waals surface area contributed by atoms with E-state index >= 15 is 0 Å². The summed E-state index contributed by atoms with van der Waals surface area (Å²) >= 11 is 5.10. The van der Waals surface area contributed by atoms with Gasteiger partial charge < -0.3 is 14.8 Å². The molecule has 0 radical (unpaired) electrons. The van der Waals surface area contributed by atoms with E-state index < -0.39 is 17.8 Å². The van der Waals surface area contributed by atoms with Crippen LogP contribution in [0.2, 0.25) is 0 Å². The minimum absolute atomic E-state index is 0.0952. The molecule has 0 fully saturated rings. The van der Waals surface area contributed by atoms with Crippen molar-refractivity contribution >= 4 is 40.9 Å². The SMILES string of the molecule is COC(=O)c1ccc(NC(=S)NC(=O)c2ccc(C(=O)OC)cc2)cc1. The third-order valence-electron chi connectivity index (χ3n) is 3.36. The molecule has 8 heteroatoms. The fourth-order valence-corrected chi connectivity index (χ4v) is 2.23. The van der Waals surface area contributed by atoms with Gasteiger partial charge in [-0.25, -0.2) is 9.59 Å². The Morgan fingerprint density at radius 1 is 0.769 bits per heavy atom. The number of carbonyl (C=O) groups excluding carboxylic acids is 3. The van der Waals surface area contributed by atoms with Crippen LogP contribution in [-0.2, 0) is 9.47 Å². The number of hydrogen-bond acceptors (Lipinski definition) is 6. The number of amides is 1. The standard InChI is InChI=1S/C18H16N2O5S/c1-24-16(22)12-5-3-11(4-6-12)15(21)20-18(26)19-14-9-7-13(8-10-14)17(23)25-2/h3-10H,1-2H3,(H2,19,20,21,26). The molecule has 2 N–H and O–H groups in total. The highest BCUT2D eigenvalue weighted by molar-refractivity contribution is 7.80. The summed E-state index contributed by atoms with van der Waals surface area (Å²) in [5, 5.41) is 5.46. The van der Waals surface area contributed by atoms with Gasteiger partial charge in [-0.1, -0.05) is 0 Å². The number of nitrogens with one attached hydrogen (secondary N) is 2. The first-order valence-corrected chi connectivity index (χ1v) is 7.84. The van der Waals surface area contributed by atoms with Crippen LogP contribution in [0.25, 0.3) is 0 Å². The van der Waals surface area contributed by atoms with Crippen molar-refractivity contribution < 1.29 is 23.9 Å². The maximum absolute atomic E-state index is 12.2. The molecule has 0 aromatic heterocycles. The normalized spacial score (nSPS) is 9.77. The van der Waals surface area contributed by atoms with Gasteiger partial charge >= 0.3 is 11.9 Å². The molecule has 0 aliphatic heterocycles. The molecule has 0 spiro atoms. The summed E-state index contributed by atoms with van der Waals surface area (Å²) in [5.74, 6) is -1.35. The van der Waals surface area contributed by atoms with Gasteiger partial charge in [0.15, 0.2) is 5.11 Å². The van der Waals surface area contributed by atoms with Crippen LogP contribution in [0.15, 0.2) is 48.5 Å². The van der Waals surface area contributed by atoms with E-state index in [4.69, 9.17) is 12.2 Å². The van der Waals surface area contributed by atoms with Crippen molar-refractivity contribution in [1.29, 1.82) is 0 Å². The van der Waals surface area contributed by atoms with Crippen LogP contribution in [0.4, 0.5) is 5.69 Å². The quantitative estimate of drug-likeness (QED) is 0.629. The van der Waals surface area contributed by atoms with Crippen LogP contribution in [0.3, 0.4) is 0 Å². The Kier molecular flexibility index (Phi) is 6.40. The maximum atomic E-state index is 12.2. The molecule has 0 unspecified atom stereocenters. The molecular formula is C18H16N2O5S. The lowest BCUT2D eigenvalue weighted by Gasteiger charge is -2.10. The highest BCUT2D eigenvalue weighted by atomic mass is 32.1. The van der Waals surface area contributed by atoms with E-state index in [9.17, 15) is 14.4 Å². The Labute approximate surface area is 155 Å². The zero-order valence-corrected chi connectivity index (χ0v) is 14.9. The summed E-state index contributed by atoms with van der Waals surface area (Å²) < 4.78 is 9.22. The van der Waals surface area contributed by atoms with Gasteiger partial charge in [0.1, 0.15) is 0 Å². The smallest absolute Gasteiger partial charge is 0.337 e. The van der Waals surface area contributed by atoms with Gasteiger partial charge in [0.05, 0.1) is 25.3 Å². The minimum Gasteiger partial charge on any atom is -0.465 e. The lowest BCUT2D eigenvalue weighted by Crippen LogP contribution is -2.34. The molecule has 1 amide bonds. The van der Waals surface area contributed by atoms with Gasteiger partial charge in [0.25, 0.3) is 5.91 Å². The zero-order chi connectivity index (χ0) is 19.1. The van der Waals surface area contributed by atoms with E-state index in [0.29, 0.717) is 22.4 Å². The van der Waals surface area contributed by atoms with Crippen LogP contribution in [0.1, 0.15) is 31.1 Å². The fraction of sp³-hybridized carbons (Fsp3) is 0.111. The van der Waals surface area contributed by atoms with E-state index in [0.717, 1.165) is 0 Å². The summed E-state index contributed by atoms with van der Waals surface area (Å²) in [5.41, 5.74) is 1.68. The van der Waals surface area contributed by atoms with Crippen LogP contribution in [0, 0.1) is 0 Å². The summed E-state index contributed by atoms with van der Waals surface area (Å²) in [4.78, 5) is 34.9. The van der Waals surface area contributed by atoms with E-state index in [1.165, 1.54) is 38.5 Å². The highest BCUT2D eigenvalue weighted by Crippen LogP contribution is 2.11. The first kappa shape index (κ1) is 19.1. The van der Waals surface area contributed by atoms with E-state index in [1.807, 2.05) is 0 Å². The van der Waals surface area contributed by atoms with Gasteiger partial charge in [-0.3, -0.25) is 10.1 Å². The van der Waals surface area contributed by atoms with Gasteiger partial charge in [0.2, 0.25) is 0 Å². The van der Waals surface area contributed by atoms with Crippen molar-refractivity contribution in [2.75, 3.05) is 19.5 Å². The van der Waals surface area contributed by atoms with Crippen molar-refractivity contribution in [2.45, 2.75) is 0 Å². The fourth-order valence-electron chi connectivity index (χ4n) is 2.02. The molecule has 0 heterocycles. The van der Waals surface area contributed by atoms with Crippen LogP contribution >= 0.6 is 12.2 Å². The Balaban J connectivity index is 1.95. The molecule has 2 rings (SSSR count). The third-order valence-corrected chi connectivity index (χ3v) is 3.56. The molecule has 134 valence electrons.